The van der Waals surface area contributed by atoms with Gasteiger partial charge in [-0.2, -0.15) is 0 Å². The molecule has 116 valence electrons. The Kier molecular flexibility index (Phi) is 3.62. The van der Waals surface area contributed by atoms with Gasteiger partial charge in [0.2, 0.25) is 10.0 Å². The van der Waals surface area contributed by atoms with Crippen molar-refractivity contribution in [2.45, 2.75) is 48.4 Å². The number of morpholine rings is 1. The Hall–Kier alpha value is -0.210. The molecule has 1 saturated heterocycles. The molecule has 0 aromatic heterocycles. The highest BCUT2D eigenvalue weighted by molar-refractivity contribution is 7.90. The van der Waals surface area contributed by atoms with E-state index in [4.69, 9.17) is 4.74 Å². The summed E-state index contributed by atoms with van der Waals surface area (Å²) in [6.45, 7) is 1.18. The lowest BCUT2D eigenvalue weighted by molar-refractivity contribution is -0.178. The number of hydrogen-bond donors (Lipinski definition) is 2. The third-order valence-corrected chi connectivity index (χ3v) is 7.20. The molecule has 1 aliphatic heterocycles. The molecular formula is C13H24N2O4S. The van der Waals surface area contributed by atoms with E-state index in [9.17, 15) is 13.5 Å². The minimum Gasteiger partial charge on any atom is -0.394 e. The zero-order chi connectivity index (χ0) is 14.4. The van der Waals surface area contributed by atoms with Crippen LogP contribution in [0.1, 0.15) is 32.1 Å². The van der Waals surface area contributed by atoms with Gasteiger partial charge in [0.1, 0.15) is 0 Å². The van der Waals surface area contributed by atoms with Crippen molar-refractivity contribution >= 4 is 10.0 Å². The second-order valence-corrected chi connectivity index (χ2v) is 8.62. The molecule has 3 fully saturated rings. The first kappa shape index (κ1) is 14.7. The number of hydrogen-bond acceptors (Lipinski definition) is 5. The van der Waals surface area contributed by atoms with E-state index in [1.807, 2.05) is 7.05 Å². The average molecular weight is 304 g/mol. The van der Waals surface area contributed by atoms with Crippen LogP contribution >= 0.6 is 0 Å². The van der Waals surface area contributed by atoms with Crippen LogP contribution in [0.25, 0.3) is 0 Å². The molecule has 3 aliphatic rings. The highest BCUT2D eigenvalue weighted by Gasteiger charge is 2.53. The van der Waals surface area contributed by atoms with E-state index in [-0.39, 0.29) is 23.9 Å². The first-order valence-corrected chi connectivity index (χ1v) is 8.90. The van der Waals surface area contributed by atoms with Gasteiger partial charge in [0.25, 0.3) is 0 Å². The van der Waals surface area contributed by atoms with Crippen LogP contribution in [0.2, 0.25) is 0 Å². The van der Waals surface area contributed by atoms with Gasteiger partial charge in [-0.25, -0.2) is 13.1 Å². The van der Waals surface area contributed by atoms with Gasteiger partial charge >= 0.3 is 0 Å². The Morgan fingerprint density at radius 3 is 2.55 bits per heavy atom. The van der Waals surface area contributed by atoms with E-state index in [2.05, 4.69) is 9.62 Å². The van der Waals surface area contributed by atoms with Gasteiger partial charge in [-0.3, -0.25) is 4.90 Å². The number of rotatable bonds is 5. The number of likely N-dealkylation sites (N-methyl/N-ethyl adjacent to an activating group) is 1. The minimum atomic E-state index is -3.23. The summed E-state index contributed by atoms with van der Waals surface area (Å²) in [7, 11) is -1.24. The van der Waals surface area contributed by atoms with E-state index >= 15 is 0 Å². The summed E-state index contributed by atoms with van der Waals surface area (Å²) in [4.78, 5) is 2.17. The molecule has 1 heterocycles. The van der Waals surface area contributed by atoms with E-state index in [0.717, 1.165) is 25.7 Å². The number of sulfonamides is 1. The fraction of sp³-hybridized carbons (Fsp3) is 1.00. The molecule has 6 nitrogen and oxygen atoms in total. The molecule has 3 rings (SSSR count). The van der Waals surface area contributed by atoms with Gasteiger partial charge in [-0.05, 0) is 39.2 Å². The zero-order valence-corrected chi connectivity index (χ0v) is 12.8. The Morgan fingerprint density at radius 1 is 1.35 bits per heavy atom. The van der Waals surface area contributed by atoms with Crippen molar-refractivity contribution in [2.75, 3.05) is 33.4 Å². The van der Waals surface area contributed by atoms with Crippen molar-refractivity contribution in [3.05, 3.63) is 0 Å². The van der Waals surface area contributed by atoms with Gasteiger partial charge in [-0.1, -0.05) is 0 Å². The molecule has 2 saturated carbocycles. The third-order valence-electron chi connectivity index (χ3n) is 5.31. The molecule has 2 aliphatic carbocycles. The molecule has 0 aromatic rings. The molecule has 1 unspecified atom stereocenters. The highest BCUT2D eigenvalue weighted by atomic mass is 32.2. The van der Waals surface area contributed by atoms with Gasteiger partial charge < -0.3 is 9.84 Å². The molecule has 0 bridgehead atoms. The van der Waals surface area contributed by atoms with Crippen LogP contribution in [0.15, 0.2) is 0 Å². The molecule has 1 spiro atoms. The normalized spacial score (nSPS) is 34.1. The molecule has 0 radical (unpaired) electrons. The maximum atomic E-state index is 12.0. The molecule has 0 amide bonds. The lowest BCUT2D eigenvalue weighted by Crippen LogP contribution is -2.73. The smallest absolute Gasteiger partial charge is 0.214 e. The predicted molar refractivity (Wildman–Crippen MR) is 74.9 cm³/mol. The maximum Gasteiger partial charge on any atom is 0.214 e. The number of aliphatic hydroxyl groups excluding tert-OH is 1. The van der Waals surface area contributed by atoms with E-state index in [1.165, 1.54) is 6.42 Å². The molecule has 20 heavy (non-hydrogen) atoms. The van der Waals surface area contributed by atoms with Crippen LogP contribution in [0.4, 0.5) is 0 Å². The summed E-state index contributed by atoms with van der Waals surface area (Å²) in [5.41, 5.74) is -0.646. The van der Waals surface area contributed by atoms with E-state index < -0.39 is 15.6 Å². The second-order valence-electron chi connectivity index (χ2n) is 6.58. The van der Waals surface area contributed by atoms with Crippen molar-refractivity contribution in [1.29, 1.82) is 0 Å². The number of nitrogens with one attached hydrogen (secondary N) is 1. The van der Waals surface area contributed by atoms with Crippen LogP contribution < -0.4 is 4.72 Å². The van der Waals surface area contributed by atoms with Gasteiger partial charge in [0, 0.05) is 12.1 Å². The fourth-order valence-electron chi connectivity index (χ4n) is 3.30. The highest BCUT2D eigenvalue weighted by Crippen LogP contribution is 2.43. The standard InChI is InChI=1S/C13H24N2O4S/c1-15-12(5-2-6-12)9-19-10-13(15,8-16)7-14-20(17,18)11-3-4-11/h11,14,16H,2-10H2,1H3. The summed E-state index contributed by atoms with van der Waals surface area (Å²) in [6.07, 6.45) is 4.78. The Morgan fingerprint density at radius 2 is 2.05 bits per heavy atom. The number of nitrogens with zero attached hydrogens (tertiary/aromatic N) is 1. The molecule has 0 aromatic carbocycles. The van der Waals surface area contributed by atoms with Crippen LogP contribution in [-0.2, 0) is 14.8 Å². The minimum absolute atomic E-state index is 0.00793. The van der Waals surface area contributed by atoms with Gasteiger partial charge in [-0.15, -0.1) is 0 Å². The summed E-state index contributed by atoms with van der Waals surface area (Å²) >= 11 is 0. The van der Waals surface area contributed by atoms with Crippen LogP contribution in [0.5, 0.6) is 0 Å². The molecule has 7 heteroatoms. The monoisotopic (exact) mass is 304 g/mol. The van der Waals surface area contributed by atoms with Crippen LogP contribution in [0, 0.1) is 0 Å². The number of aliphatic hydroxyl groups is 1. The Bertz CT molecular complexity index is 473. The fourth-order valence-corrected chi connectivity index (χ4v) is 4.76. The lowest BCUT2D eigenvalue weighted by atomic mass is 9.72. The van der Waals surface area contributed by atoms with Crippen LogP contribution in [0.3, 0.4) is 0 Å². The zero-order valence-electron chi connectivity index (χ0n) is 12.0. The number of ether oxygens (including phenoxy) is 1. The largest absolute Gasteiger partial charge is 0.394 e. The predicted octanol–water partition coefficient (Wildman–Crippen LogP) is -0.316. The van der Waals surface area contributed by atoms with Gasteiger partial charge in [0.05, 0.1) is 30.6 Å². The summed E-state index contributed by atoms with van der Waals surface area (Å²) in [5, 5.41) is 9.63. The SMILES string of the molecule is CN1C2(CCC2)COCC1(CO)CNS(=O)(=O)C1CC1. The average Bonchev–Trinajstić information content (AvgIpc) is 3.21. The Labute approximate surface area is 120 Å². The molecule has 1 atom stereocenters. The van der Waals surface area contributed by atoms with E-state index in [0.29, 0.717) is 13.2 Å². The van der Waals surface area contributed by atoms with Crippen molar-refractivity contribution in [1.82, 2.24) is 9.62 Å². The maximum absolute atomic E-state index is 12.0. The van der Waals surface area contributed by atoms with Crippen LogP contribution in [-0.4, -0.2) is 68.2 Å². The second kappa shape index (κ2) is 4.91. The van der Waals surface area contributed by atoms with Gasteiger partial charge in [0.15, 0.2) is 0 Å². The first-order chi connectivity index (χ1) is 9.44. The summed E-state index contributed by atoms with van der Waals surface area (Å²) < 4.78 is 32.4. The van der Waals surface area contributed by atoms with Crippen molar-refractivity contribution in [3.8, 4) is 0 Å². The van der Waals surface area contributed by atoms with Crippen molar-refractivity contribution < 1.29 is 18.3 Å². The molecule has 2 N–H and O–H groups in total. The Balaban J connectivity index is 1.73. The van der Waals surface area contributed by atoms with Crippen molar-refractivity contribution in [3.63, 3.8) is 0 Å². The van der Waals surface area contributed by atoms with Crippen molar-refractivity contribution in [2.24, 2.45) is 0 Å². The molecular weight excluding hydrogens is 280 g/mol. The quantitative estimate of drug-likeness (QED) is 0.728. The van der Waals surface area contributed by atoms with E-state index in [1.54, 1.807) is 0 Å². The first-order valence-electron chi connectivity index (χ1n) is 7.35. The summed E-state index contributed by atoms with van der Waals surface area (Å²) in [5.74, 6) is 0. The lowest BCUT2D eigenvalue weighted by Gasteiger charge is -2.59. The topological polar surface area (TPSA) is 78.9 Å². The third kappa shape index (κ3) is 2.29. The summed E-state index contributed by atoms with van der Waals surface area (Å²) in [6, 6.07) is 0.